The van der Waals surface area contributed by atoms with Gasteiger partial charge in [-0.2, -0.15) is 5.26 Å². The van der Waals surface area contributed by atoms with E-state index in [-0.39, 0.29) is 5.91 Å². The van der Waals surface area contributed by atoms with Gasteiger partial charge in [0.2, 0.25) is 11.9 Å². The van der Waals surface area contributed by atoms with Crippen molar-refractivity contribution in [2.45, 2.75) is 26.3 Å². The SMILES string of the molecule is COc1cc([C@@H]2[C@H](C#N)C(=O)Nc3nc4ccccc4n32)ccc1OCCC(C)C. The van der Waals surface area contributed by atoms with Gasteiger partial charge in [0.25, 0.3) is 0 Å². The molecule has 3 aromatic rings. The first-order valence-electron chi connectivity index (χ1n) is 10.0. The van der Waals surface area contributed by atoms with Gasteiger partial charge in [0, 0.05) is 0 Å². The predicted molar refractivity (Wildman–Crippen MR) is 114 cm³/mol. The Hall–Kier alpha value is -3.53. The summed E-state index contributed by atoms with van der Waals surface area (Å²) in [5, 5.41) is 12.5. The number of fused-ring (bicyclic) bond motifs is 3. The number of carbonyl (C=O) groups excluding carboxylic acids is 1. The normalized spacial score (nSPS) is 18.0. The summed E-state index contributed by atoms with van der Waals surface area (Å²) in [5.41, 5.74) is 2.40. The minimum absolute atomic E-state index is 0.360. The van der Waals surface area contributed by atoms with Gasteiger partial charge in [-0.05, 0) is 42.2 Å². The molecule has 1 aromatic heterocycles. The van der Waals surface area contributed by atoms with Gasteiger partial charge in [0.1, 0.15) is 0 Å². The highest BCUT2D eigenvalue weighted by Gasteiger charge is 2.39. The smallest absolute Gasteiger partial charge is 0.246 e. The van der Waals surface area contributed by atoms with Gasteiger partial charge in [-0.15, -0.1) is 0 Å². The Kier molecular flexibility index (Phi) is 5.32. The van der Waals surface area contributed by atoms with Crippen molar-refractivity contribution >= 4 is 22.9 Å². The highest BCUT2D eigenvalue weighted by molar-refractivity contribution is 5.97. The van der Waals surface area contributed by atoms with Crippen LogP contribution in [-0.4, -0.2) is 29.2 Å². The molecule has 0 bridgehead atoms. The highest BCUT2D eigenvalue weighted by Crippen LogP contribution is 2.40. The summed E-state index contributed by atoms with van der Waals surface area (Å²) in [6.45, 7) is 4.88. The van der Waals surface area contributed by atoms with E-state index >= 15 is 0 Å². The zero-order valence-corrected chi connectivity index (χ0v) is 17.3. The number of methoxy groups -OCH3 is 1. The number of amides is 1. The number of hydrogen-bond acceptors (Lipinski definition) is 5. The zero-order chi connectivity index (χ0) is 21.3. The molecule has 1 N–H and O–H groups in total. The number of aromatic nitrogens is 2. The minimum Gasteiger partial charge on any atom is -0.493 e. The first-order chi connectivity index (χ1) is 14.5. The van der Waals surface area contributed by atoms with Crippen LogP contribution >= 0.6 is 0 Å². The fraction of sp³-hybridized carbons (Fsp3) is 0.348. The van der Waals surface area contributed by atoms with E-state index in [0.717, 1.165) is 23.0 Å². The highest BCUT2D eigenvalue weighted by atomic mass is 16.5. The average molecular weight is 404 g/mol. The van der Waals surface area contributed by atoms with E-state index in [2.05, 4.69) is 30.2 Å². The second-order valence-electron chi connectivity index (χ2n) is 7.78. The molecular formula is C23H24N4O3. The maximum atomic E-state index is 12.6. The molecule has 0 fully saturated rings. The van der Waals surface area contributed by atoms with Crippen molar-refractivity contribution in [1.82, 2.24) is 9.55 Å². The molecule has 4 rings (SSSR count). The fourth-order valence-corrected chi connectivity index (χ4v) is 3.76. The first kappa shape index (κ1) is 19.8. The molecule has 0 unspecified atom stereocenters. The molecule has 0 aliphatic carbocycles. The van der Waals surface area contributed by atoms with Crippen LogP contribution in [0.4, 0.5) is 5.95 Å². The number of anilines is 1. The molecule has 0 saturated heterocycles. The molecule has 154 valence electrons. The van der Waals surface area contributed by atoms with Crippen LogP contribution in [0.25, 0.3) is 11.0 Å². The number of ether oxygens (including phenoxy) is 2. The molecule has 1 aliphatic heterocycles. The summed E-state index contributed by atoms with van der Waals surface area (Å²) in [6.07, 6.45) is 0.939. The lowest BCUT2D eigenvalue weighted by Crippen LogP contribution is -2.37. The Morgan fingerprint density at radius 2 is 2.03 bits per heavy atom. The molecule has 30 heavy (non-hydrogen) atoms. The number of imidazole rings is 1. The van der Waals surface area contributed by atoms with Crippen molar-refractivity contribution in [2.75, 3.05) is 19.0 Å². The lowest BCUT2D eigenvalue weighted by Gasteiger charge is -2.30. The van der Waals surface area contributed by atoms with E-state index in [9.17, 15) is 10.1 Å². The summed E-state index contributed by atoms with van der Waals surface area (Å²) in [6, 6.07) is 14.8. The number of nitrogens with one attached hydrogen (secondary N) is 1. The third-order valence-electron chi connectivity index (χ3n) is 5.33. The second-order valence-corrected chi connectivity index (χ2v) is 7.78. The molecule has 1 amide bonds. The molecule has 0 spiro atoms. The number of hydrogen-bond donors (Lipinski definition) is 1. The van der Waals surface area contributed by atoms with Crippen LogP contribution in [0.2, 0.25) is 0 Å². The van der Waals surface area contributed by atoms with Crippen LogP contribution in [0.15, 0.2) is 42.5 Å². The van der Waals surface area contributed by atoms with E-state index in [1.54, 1.807) is 7.11 Å². The lowest BCUT2D eigenvalue weighted by atomic mass is 9.91. The van der Waals surface area contributed by atoms with E-state index in [4.69, 9.17) is 9.47 Å². The monoisotopic (exact) mass is 404 g/mol. The molecular weight excluding hydrogens is 380 g/mol. The Morgan fingerprint density at radius 1 is 1.23 bits per heavy atom. The minimum atomic E-state index is -0.896. The largest absolute Gasteiger partial charge is 0.493 e. The van der Waals surface area contributed by atoms with Gasteiger partial charge < -0.3 is 14.0 Å². The van der Waals surface area contributed by atoms with Gasteiger partial charge in [0.05, 0.1) is 36.9 Å². The maximum Gasteiger partial charge on any atom is 0.246 e. The number of benzene rings is 2. The van der Waals surface area contributed by atoms with E-state index in [0.29, 0.717) is 30.0 Å². The maximum absolute atomic E-state index is 12.6. The van der Waals surface area contributed by atoms with Crippen molar-refractivity contribution in [1.29, 1.82) is 5.26 Å². The summed E-state index contributed by atoms with van der Waals surface area (Å²) in [7, 11) is 1.59. The summed E-state index contributed by atoms with van der Waals surface area (Å²) in [4.78, 5) is 17.2. The van der Waals surface area contributed by atoms with Gasteiger partial charge in [-0.25, -0.2) is 4.98 Å². The van der Waals surface area contributed by atoms with Crippen LogP contribution in [0.5, 0.6) is 11.5 Å². The van der Waals surface area contributed by atoms with Crippen molar-refractivity contribution in [3.8, 4) is 17.6 Å². The van der Waals surface area contributed by atoms with Crippen LogP contribution in [0, 0.1) is 23.2 Å². The summed E-state index contributed by atoms with van der Waals surface area (Å²) < 4.78 is 13.4. The Labute approximate surface area is 175 Å². The predicted octanol–water partition coefficient (Wildman–Crippen LogP) is 4.15. The summed E-state index contributed by atoms with van der Waals surface area (Å²) >= 11 is 0. The van der Waals surface area contributed by atoms with Crippen LogP contribution in [-0.2, 0) is 4.79 Å². The number of nitriles is 1. The Morgan fingerprint density at radius 3 is 2.77 bits per heavy atom. The van der Waals surface area contributed by atoms with Crippen LogP contribution < -0.4 is 14.8 Å². The molecule has 2 atom stereocenters. The van der Waals surface area contributed by atoms with E-state index in [1.165, 1.54) is 0 Å². The molecule has 1 aliphatic rings. The molecule has 0 radical (unpaired) electrons. The third kappa shape index (κ3) is 3.45. The van der Waals surface area contributed by atoms with E-state index < -0.39 is 12.0 Å². The molecule has 2 aromatic carbocycles. The van der Waals surface area contributed by atoms with Crippen LogP contribution in [0.1, 0.15) is 31.9 Å². The molecule has 0 saturated carbocycles. The van der Waals surface area contributed by atoms with Crippen molar-refractivity contribution < 1.29 is 14.3 Å². The molecule has 2 heterocycles. The number of carbonyl (C=O) groups is 1. The van der Waals surface area contributed by atoms with Gasteiger partial charge in [-0.3, -0.25) is 10.1 Å². The molecule has 7 nitrogen and oxygen atoms in total. The van der Waals surface area contributed by atoms with Crippen molar-refractivity contribution in [2.24, 2.45) is 11.8 Å². The van der Waals surface area contributed by atoms with Crippen LogP contribution in [0.3, 0.4) is 0 Å². The van der Waals surface area contributed by atoms with Gasteiger partial charge >= 0.3 is 0 Å². The Balaban J connectivity index is 1.79. The quantitative estimate of drug-likeness (QED) is 0.667. The fourth-order valence-electron chi connectivity index (χ4n) is 3.76. The standard InChI is InChI=1S/C23H24N4O3/c1-14(2)10-11-30-19-9-8-15(12-20(19)29-3)21-16(13-24)22(28)26-23-25-17-6-4-5-7-18(17)27(21)23/h4-9,12,14,16,21H,10-11H2,1-3H3,(H,25,26,28)/t16-,21+/m0/s1. The zero-order valence-electron chi connectivity index (χ0n) is 17.3. The molecule has 7 heteroatoms. The van der Waals surface area contributed by atoms with Crippen molar-refractivity contribution in [3.05, 3.63) is 48.0 Å². The van der Waals surface area contributed by atoms with Crippen molar-refractivity contribution in [3.63, 3.8) is 0 Å². The Bertz CT molecular complexity index is 1130. The third-order valence-corrected chi connectivity index (χ3v) is 5.33. The van der Waals surface area contributed by atoms with Gasteiger partial charge in [0.15, 0.2) is 17.4 Å². The number of nitrogens with zero attached hydrogens (tertiary/aromatic N) is 3. The number of rotatable bonds is 6. The van der Waals surface area contributed by atoms with E-state index in [1.807, 2.05) is 47.0 Å². The average Bonchev–Trinajstić information content (AvgIpc) is 3.10. The first-order valence-corrected chi connectivity index (χ1v) is 10.0. The lowest BCUT2D eigenvalue weighted by molar-refractivity contribution is -0.119. The second kappa shape index (κ2) is 8.07. The summed E-state index contributed by atoms with van der Waals surface area (Å²) in [5.74, 6) is 0.944. The topological polar surface area (TPSA) is 89.2 Å². The number of para-hydroxylation sites is 2. The van der Waals surface area contributed by atoms with Gasteiger partial charge in [-0.1, -0.05) is 32.0 Å².